The number of nitrogens with zero attached hydrogens (tertiary/aromatic N) is 2. The number of carbonyl (C=O) groups is 3. The molecule has 48 heavy (non-hydrogen) atoms. The average Bonchev–Trinajstić information content (AvgIpc) is 3.09. The Morgan fingerprint density at radius 1 is 0.938 bits per heavy atom. The van der Waals surface area contributed by atoms with Crippen molar-refractivity contribution in [2.45, 2.75) is 76.8 Å². The molecule has 1 aromatic heterocycles. The van der Waals surface area contributed by atoms with Gasteiger partial charge in [-0.2, -0.15) is 0 Å². The zero-order valence-corrected chi connectivity index (χ0v) is 28.3. The minimum atomic E-state index is -0.878. The van der Waals surface area contributed by atoms with Gasteiger partial charge in [0.2, 0.25) is 11.8 Å². The van der Waals surface area contributed by atoms with Crippen molar-refractivity contribution in [2.75, 3.05) is 19.6 Å². The molecule has 3 heterocycles. The molecule has 2 saturated heterocycles. The maximum atomic E-state index is 14.1. The quantitative estimate of drug-likeness (QED) is 0.211. The molecule has 6 rings (SSSR count). The van der Waals surface area contributed by atoms with Gasteiger partial charge in [-0.3, -0.25) is 19.2 Å². The van der Waals surface area contributed by atoms with Gasteiger partial charge in [0.05, 0.1) is 5.39 Å². The monoisotopic (exact) mass is 667 g/mol. The Labute approximate surface area is 286 Å². The Kier molecular flexibility index (Phi) is 10.3. The first-order chi connectivity index (χ1) is 23.2. The van der Waals surface area contributed by atoms with E-state index in [1.807, 2.05) is 54.0 Å². The summed E-state index contributed by atoms with van der Waals surface area (Å²) in [6.07, 6.45) is 4.41. The fourth-order valence-electron chi connectivity index (χ4n) is 6.87. The first kappa shape index (κ1) is 33.5. The number of rotatable bonds is 9. The largest absolute Gasteiger partial charge is 0.451 e. The van der Waals surface area contributed by atoms with E-state index in [1.54, 1.807) is 24.3 Å². The maximum Gasteiger partial charge on any atom is 0.287 e. The number of nitrogens with one attached hydrogen (secondary N) is 1. The Morgan fingerprint density at radius 3 is 2.42 bits per heavy atom. The molecular weight excluding hydrogens is 626 g/mol. The number of hydrogen-bond donors (Lipinski definition) is 1. The van der Waals surface area contributed by atoms with E-state index in [2.05, 4.69) is 17.4 Å². The normalized spacial score (nSPS) is 16.4. The van der Waals surface area contributed by atoms with Crippen molar-refractivity contribution in [1.82, 2.24) is 15.1 Å². The molecule has 2 fully saturated rings. The van der Waals surface area contributed by atoms with Gasteiger partial charge in [0.1, 0.15) is 11.6 Å². The predicted molar refractivity (Wildman–Crippen MR) is 187 cm³/mol. The second-order valence-corrected chi connectivity index (χ2v) is 13.7. The second-order valence-electron chi connectivity index (χ2n) is 13.3. The van der Waals surface area contributed by atoms with Crippen molar-refractivity contribution in [1.29, 1.82) is 0 Å². The summed E-state index contributed by atoms with van der Waals surface area (Å²) in [6, 6.07) is 21.3. The Hall–Kier alpha value is -4.43. The number of likely N-dealkylation sites (tertiary alicyclic amines) is 2. The van der Waals surface area contributed by atoms with E-state index in [1.165, 1.54) is 17.2 Å². The summed E-state index contributed by atoms with van der Waals surface area (Å²) < 4.78 is 5.89. The highest BCUT2D eigenvalue weighted by atomic mass is 35.5. The topological polar surface area (TPSA) is 99.9 Å². The lowest BCUT2D eigenvalue weighted by Gasteiger charge is -2.36. The highest BCUT2D eigenvalue weighted by Gasteiger charge is 2.32. The number of halogens is 1. The van der Waals surface area contributed by atoms with Gasteiger partial charge in [-0.15, -0.1) is 0 Å². The third-order valence-corrected chi connectivity index (χ3v) is 9.93. The van der Waals surface area contributed by atoms with Gasteiger partial charge in [0, 0.05) is 50.1 Å². The molecule has 3 aromatic carbocycles. The smallest absolute Gasteiger partial charge is 0.287 e. The molecule has 4 aromatic rings. The van der Waals surface area contributed by atoms with Crippen LogP contribution in [0.2, 0.25) is 5.02 Å². The van der Waals surface area contributed by atoms with E-state index in [4.69, 9.17) is 16.0 Å². The molecule has 0 spiro atoms. The predicted octanol–water partition coefficient (Wildman–Crippen LogP) is 6.83. The van der Waals surface area contributed by atoms with Crippen LogP contribution in [0.1, 0.15) is 90.6 Å². The van der Waals surface area contributed by atoms with Crippen molar-refractivity contribution in [3.8, 4) is 0 Å². The third kappa shape index (κ3) is 7.65. The summed E-state index contributed by atoms with van der Waals surface area (Å²) in [5.41, 5.74) is 4.27. The van der Waals surface area contributed by atoms with Crippen molar-refractivity contribution >= 4 is 40.3 Å². The van der Waals surface area contributed by atoms with Crippen molar-refractivity contribution in [3.05, 3.63) is 116 Å². The molecule has 1 atom stereocenters. The molecule has 0 radical (unpaired) electrons. The van der Waals surface area contributed by atoms with E-state index < -0.39 is 11.9 Å². The lowest BCUT2D eigenvalue weighted by molar-refractivity contribution is -0.135. The van der Waals surface area contributed by atoms with E-state index in [0.717, 1.165) is 43.4 Å². The van der Waals surface area contributed by atoms with Gasteiger partial charge in [0.15, 0.2) is 11.2 Å². The van der Waals surface area contributed by atoms with Gasteiger partial charge in [-0.25, -0.2) is 0 Å². The van der Waals surface area contributed by atoms with Crippen LogP contribution in [0.3, 0.4) is 0 Å². The number of carbonyl (C=O) groups excluding carboxylic acids is 3. The van der Waals surface area contributed by atoms with Crippen LogP contribution in [0.25, 0.3) is 11.0 Å². The first-order valence-corrected chi connectivity index (χ1v) is 17.3. The summed E-state index contributed by atoms with van der Waals surface area (Å²) >= 11 is 6.12. The Balaban J connectivity index is 1.18. The molecule has 2 aliphatic rings. The van der Waals surface area contributed by atoms with Crippen LogP contribution in [-0.4, -0.2) is 53.2 Å². The molecule has 0 saturated carbocycles. The van der Waals surface area contributed by atoms with Gasteiger partial charge in [-0.1, -0.05) is 67.9 Å². The Morgan fingerprint density at radius 2 is 1.69 bits per heavy atom. The highest BCUT2D eigenvalue weighted by molar-refractivity contribution is 6.30. The van der Waals surface area contributed by atoms with Crippen LogP contribution in [0.4, 0.5) is 0 Å². The third-order valence-electron chi connectivity index (χ3n) is 9.68. The van der Waals surface area contributed by atoms with Gasteiger partial charge in [0.25, 0.3) is 5.91 Å². The number of fused-ring (bicyclic) bond motifs is 1. The van der Waals surface area contributed by atoms with Crippen LogP contribution in [0.15, 0.2) is 82.0 Å². The van der Waals surface area contributed by atoms with Crippen LogP contribution in [0, 0.1) is 0 Å². The number of piperidine rings is 2. The summed E-state index contributed by atoms with van der Waals surface area (Å²) in [6.45, 7) is 6.58. The second kappa shape index (κ2) is 14.8. The molecule has 1 unspecified atom stereocenters. The zero-order valence-electron chi connectivity index (χ0n) is 27.5. The molecule has 0 aliphatic carbocycles. The molecule has 2 aliphatic heterocycles. The van der Waals surface area contributed by atoms with Crippen LogP contribution in [-0.2, 0) is 22.6 Å². The van der Waals surface area contributed by atoms with Gasteiger partial charge in [-0.05, 0) is 84.0 Å². The average molecular weight is 668 g/mol. The minimum absolute atomic E-state index is 0.138. The molecule has 0 bridgehead atoms. The Bertz CT molecular complexity index is 1860. The van der Waals surface area contributed by atoms with Crippen molar-refractivity contribution in [2.24, 2.45) is 0 Å². The number of benzene rings is 3. The van der Waals surface area contributed by atoms with E-state index in [-0.39, 0.29) is 41.3 Å². The van der Waals surface area contributed by atoms with Crippen LogP contribution >= 0.6 is 11.6 Å². The summed E-state index contributed by atoms with van der Waals surface area (Å²) in [4.78, 5) is 56.9. The molecule has 1 N–H and O–H groups in total. The fourth-order valence-corrected chi connectivity index (χ4v) is 7.00. The SMILES string of the molecule is CC(C)c1ccc2oc(C(=O)NC(Cc3ccc(Cl)cc3)C(=O)N3CCC(c4ccccc4CN4CCCCC4=O)CC3)cc(=O)c2c1. The van der Waals surface area contributed by atoms with Crippen molar-refractivity contribution < 1.29 is 18.8 Å². The molecule has 9 heteroatoms. The summed E-state index contributed by atoms with van der Waals surface area (Å²) in [5.74, 6) is -0.229. The van der Waals surface area contributed by atoms with Crippen molar-refractivity contribution in [3.63, 3.8) is 0 Å². The molecule has 8 nitrogen and oxygen atoms in total. The zero-order chi connectivity index (χ0) is 33.8. The van der Waals surface area contributed by atoms with Crippen LogP contribution < -0.4 is 10.7 Å². The van der Waals surface area contributed by atoms with Gasteiger partial charge >= 0.3 is 0 Å². The van der Waals surface area contributed by atoms with E-state index in [9.17, 15) is 19.2 Å². The molecule has 250 valence electrons. The lowest BCUT2D eigenvalue weighted by Crippen LogP contribution is -2.51. The van der Waals surface area contributed by atoms with Crippen LogP contribution in [0.5, 0.6) is 0 Å². The summed E-state index contributed by atoms with van der Waals surface area (Å²) in [7, 11) is 0. The number of hydrogen-bond acceptors (Lipinski definition) is 5. The maximum absolute atomic E-state index is 14.1. The van der Waals surface area contributed by atoms with Gasteiger partial charge < -0.3 is 19.5 Å². The molecular formula is C39H42ClN3O5. The fraction of sp³-hybridized carbons (Fsp3) is 0.385. The lowest BCUT2D eigenvalue weighted by atomic mass is 9.86. The minimum Gasteiger partial charge on any atom is -0.451 e. The first-order valence-electron chi connectivity index (χ1n) is 16.9. The van der Waals surface area contributed by atoms with E-state index in [0.29, 0.717) is 42.0 Å². The molecule has 3 amide bonds. The summed E-state index contributed by atoms with van der Waals surface area (Å²) in [5, 5.41) is 3.88. The highest BCUT2D eigenvalue weighted by Crippen LogP contribution is 2.32. The standard InChI is InChI=1S/C39H42ClN3O5/c1-25(2)28-12-15-35-32(22-28)34(44)23-36(48-35)38(46)41-33(21-26-10-13-30(40)14-11-26)39(47)42-19-16-27(17-20-42)31-8-4-3-7-29(31)24-43-18-6-5-9-37(43)45/h3-4,7-8,10-15,22-23,25,27,33H,5-6,9,16-21,24H2,1-2H3,(H,41,46). The van der Waals surface area contributed by atoms with E-state index >= 15 is 0 Å². The number of amides is 3.